The molecule has 1 aliphatic rings. The van der Waals surface area contributed by atoms with Gasteiger partial charge >= 0.3 is 0 Å². The number of piperidine rings is 1. The molecule has 1 N–H and O–H groups in total. The molecule has 0 aliphatic carbocycles. The molecule has 0 unspecified atom stereocenters. The molecule has 1 saturated heterocycles. The van der Waals surface area contributed by atoms with Crippen LogP contribution in [0.25, 0.3) is 21.3 Å². The zero-order valence-corrected chi connectivity index (χ0v) is 19.5. The van der Waals surface area contributed by atoms with Crippen molar-refractivity contribution in [3.8, 4) is 5.75 Å². The first kappa shape index (κ1) is 21.7. The van der Waals surface area contributed by atoms with Crippen LogP contribution in [0.15, 0.2) is 53.6 Å². The van der Waals surface area contributed by atoms with Crippen LogP contribution in [-0.4, -0.2) is 41.7 Å². The maximum Gasteiger partial charge on any atom is 0.252 e. The van der Waals surface area contributed by atoms with E-state index in [1.165, 1.54) is 24.7 Å². The van der Waals surface area contributed by atoms with Crippen molar-refractivity contribution in [2.45, 2.75) is 25.8 Å². The summed E-state index contributed by atoms with van der Waals surface area (Å²) in [6, 6.07) is 12.1. The third kappa shape index (κ3) is 4.96. The van der Waals surface area contributed by atoms with Crippen molar-refractivity contribution in [2.75, 3.05) is 31.6 Å². The van der Waals surface area contributed by atoms with E-state index in [9.17, 15) is 4.79 Å². The van der Waals surface area contributed by atoms with E-state index in [2.05, 4.69) is 37.3 Å². The number of anilines is 1. The monoisotopic (exact) mass is 461 g/mol. The number of nitrogens with zero attached hydrogens (tertiary/aromatic N) is 4. The zero-order chi connectivity index (χ0) is 22.6. The Bertz CT molecular complexity index is 1320. The Morgan fingerprint density at radius 1 is 1.12 bits per heavy atom. The van der Waals surface area contributed by atoms with Crippen molar-refractivity contribution in [2.24, 2.45) is 5.92 Å². The van der Waals surface area contributed by atoms with Gasteiger partial charge in [-0.25, -0.2) is 9.97 Å². The second-order valence-electron chi connectivity index (χ2n) is 8.42. The molecule has 0 bridgehead atoms. The van der Waals surface area contributed by atoms with Gasteiger partial charge in [-0.2, -0.15) is 0 Å². The number of rotatable bonds is 7. The second kappa shape index (κ2) is 9.80. The van der Waals surface area contributed by atoms with Gasteiger partial charge in [-0.05, 0) is 68.1 Å². The number of benzene rings is 1. The minimum Gasteiger partial charge on any atom is -0.497 e. The van der Waals surface area contributed by atoms with E-state index in [0.717, 1.165) is 71.2 Å². The number of nitrogens with one attached hydrogen (secondary N) is 1. The highest BCUT2D eigenvalue weighted by Gasteiger charge is 2.20. The van der Waals surface area contributed by atoms with Crippen LogP contribution < -0.4 is 19.7 Å². The highest BCUT2D eigenvalue weighted by molar-refractivity contribution is 7.15. The average molecular weight is 462 g/mol. The molecule has 1 fully saturated rings. The second-order valence-corrected chi connectivity index (χ2v) is 9.41. The minimum absolute atomic E-state index is 0.0645. The van der Waals surface area contributed by atoms with Gasteiger partial charge in [-0.15, -0.1) is 0 Å². The van der Waals surface area contributed by atoms with Crippen molar-refractivity contribution in [3.05, 3.63) is 64.0 Å². The van der Waals surface area contributed by atoms with Crippen LogP contribution in [0.4, 0.5) is 5.69 Å². The van der Waals surface area contributed by atoms with Crippen LogP contribution in [0.1, 0.15) is 25.0 Å². The van der Waals surface area contributed by atoms with Crippen molar-refractivity contribution in [1.82, 2.24) is 20.3 Å². The van der Waals surface area contributed by atoms with E-state index >= 15 is 0 Å². The number of aromatic nitrogens is 3. The van der Waals surface area contributed by atoms with Crippen molar-refractivity contribution >= 4 is 38.3 Å². The summed E-state index contributed by atoms with van der Waals surface area (Å²) in [5.41, 5.74) is 3.97. The molecule has 1 aliphatic heterocycles. The summed E-state index contributed by atoms with van der Waals surface area (Å²) < 4.78 is 5.36. The molecular formula is C25H27N5O2S. The molecule has 0 amide bonds. The summed E-state index contributed by atoms with van der Waals surface area (Å²) in [6.45, 7) is 3.77. The number of hydrogen-bond donors (Lipinski definition) is 1. The summed E-state index contributed by atoms with van der Waals surface area (Å²) in [6.07, 6.45) is 6.77. The van der Waals surface area contributed by atoms with E-state index in [0.29, 0.717) is 11.4 Å². The van der Waals surface area contributed by atoms with Gasteiger partial charge in [0.15, 0.2) is 0 Å². The van der Waals surface area contributed by atoms with Gasteiger partial charge in [0.1, 0.15) is 10.6 Å². The van der Waals surface area contributed by atoms with Crippen molar-refractivity contribution < 1.29 is 4.74 Å². The molecule has 170 valence electrons. The normalized spacial score (nSPS) is 14.8. The first-order valence-corrected chi connectivity index (χ1v) is 12.2. The van der Waals surface area contributed by atoms with Crippen LogP contribution in [0.3, 0.4) is 0 Å². The molecule has 0 atom stereocenters. The summed E-state index contributed by atoms with van der Waals surface area (Å²) in [5, 5.41) is 4.67. The lowest BCUT2D eigenvalue weighted by Gasteiger charge is -2.34. The maximum atomic E-state index is 11.5. The molecule has 33 heavy (non-hydrogen) atoms. The summed E-state index contributed by atoms with van der Waals surface area (Å²) in [4.78, 5) is 27.9. The van der Waals surface area contributed by atoms with E-state index in [1.807, 2.05) is 30.5 Å². The summed E-state index contributed by atoms with van der Waals surface area (Å²) in [7, 11) is 1.70. The molecule has 4 heterocycles. The summed E-state index contributed by atoms with van der Waals surface area (Å²) >= 11 is 1.15. The van der Waals surface area contributed by atoms with Gasteiger partial charge < -0.3 is 15.0 Å². The lowest BCUT2D eigenvalue weighted by molar-refractivity contribution is 0.373. The number of fused-ring (bicyclic) bond motifs is 2. The third-order valence-corrected chi connectivity index (χ3v) is 7.12. The van der Waals surface area contributed by atoms with Gasteiger partial charge in [0.05, 0.1) is 30.0 Å². The highest BCUT2D eigenvalue weighted by atomic mass is 32.1. The molecule has 5 rings (SSSR count). The molecule has 7 nitrogen and oxygen atoms in total. The molecule has 0 spiro atoms. The van der Waals surface area contributed by atoms with E-state index in [4.69, 9.17) is 4.74 Å². The zero-order valence-electron chi connectivity index (χ0n) is 18.7. The number of hydrogen-bond acceptors (Lipinski definition) is 8. The van der Waals surface area contributed by atoms with Crippen LogP contribution in [-0.2, 0) is 6.54 Å². The fraction of sp³-hybridized carbons (Fsp3) is 0.360. The first-order valence-electron chi connectivity index (χ1n) is 11.3. The summed E-state index contributed by atoms with van der Waals surface area (Å²) in [5.74, 6) is 1.58. The topological polar surface area (TPSA) is 80.2 Å². The lowest BCUT2D eigenvalue weighted by Crippen LogP contribution is -2.34. The standard InChI is InChI=1S/C25H27N5O2S/c1-32-19-3-5-21-20(14-19)23(7-11-27-21)30-12-8-17(9-13-30)6-10-26-15-18-2-4-22-25(29-18)33-24(31)16-28-22/h2-5,7,11,14,16-17,26H,6,8-10,12-13,15H2,1H3. The molecule has 0 radical (unpaired) electrons. The van der Waals surface area contributed by atoms with E-state index < -0.39 is 0 Å². The Kier molecular flexibility index (Phi) is 6.46. The Hall–Kier alpha value is -3.10. The first-order chi connectivity index (χ1) is 16.2. The predicted octanol–water partition coefficient (Wildman–Crippen LogP) is 4.00. The van der Waals surface area contributed by atoms with Gasteiger partial charge in [0, 0.05) is 36.9 Å². The maximum absolute atomic E-state index is 11.5. The molecule has 4 aromatic rings. The third-order valence-electron chi connectivity index (χ3n) is 6.32. The smallest absolute Gasteiger partial charge is 0.252 e. The largest absolute Gasteiger partial charge is 0.497 e. The van der Waals surface area contributed by atoms with Crippen molar-refractivity contribution in [3.63, 3.8) is 0 Å². The van der Waals surface area contributed by atoms with Crippen LogP contribution >= 0.6 is 11.3 Å². The lowest BCUT2D eigenvalue weighted by atomic mass is 9.93. The fourth-order valence-corrected chi connectivity index (χ4v) is 5.17. The van der Waals surface area contributed by atoms with Crippen LogP contribution in [0.2, 0.25) is 0 Å². The number of methoxy groups -OCH3 is 1. The highest BCUT2D eigenvalue weighted by Crippen LogP contribution is 2.32. The molecule has 1 aromatic carbocycles. The van der Waals surface area contributed by atoms with Crippen LogP contribution in [0.5, 0.6) is 5.75 Å². The average Bonchev–Trinajstić information content (AvgIpc) is 2.86. The molecule has 0 saturated carbocycles. The van der Waals surface area contributed by atoms with Gasteiger partial charge in [-0.1, -0.05) is 11.3 Å². The Morgan fingerprint density at radius 3 is 2.82 bits per heavy atom. The Balaban J connectivity index is 1.13. The SMILES string of the molecule is COc1ccc2nccc(N3CCC(CCNCc4ccc5ncc(=O)sc5n4)CC3)c2c1. The molecular weight excluding hydrogens is 434 g/mol. The predicted molar refractivity (Wildman–Crippen MR) is 133 cm³/mol. The Morgan fingerprint density at radius 2 is 1.97 bits per heavy atom. The van der Waals surface area contributed by atoms with Gasteiger partial charge in [0.2, 0.25) is 0 Å². The van der Waals surface area contributed by atoms with Gasteiger partial charge in [-0.3, -0.25) is 9.78 Å². The quantitative estimate of drug-likeness (QED) is 0.417. The van der Waals surface area contributed by atoms with Crippen molar-refractivity contribution in [1.29, 1.82) is 0 Å². The van der Waals surface area contributed by atoms with E-state index in [-0.39, 0.29) is 4.74 Å². The van der Waals surface area contributed by atoms with Crippen LogP contribution in [0, 0.1) is 5.92 Å². The minimum atomic E-state index is -0.0645. The number of pyridine rings is 2. The van der Waals surface area contributed by atoms with E-state index in [1.54, 1.807) is 7.11 Å². The number of ether oxygens (including phenoxy) is 1. The van der Waals surface area contributed by atoms with Gasteiger partial charge in [0.25, 0.3) is 4.74 Å². The Labute approximate surface area is 196 Å². The molecule has 8 heteroatoms. The fourth-order valence-electron chi connectivity index (χ4n) is 4.49. The molecule has 3 aromatic heterocycles.